The van der Waals surface area contributed by atoms with E-state index in [-0.39, 0.29) is 5.91 Å². The Hall–Kier alpha value is -1.92. The van der Waals surface area contributed by atoms with E-state index in [0.29, 0.717) is 29.3 Å². The van der Waals surface area contributed by atoms with Crippen LogP contribution in [-0.4, -0.2) is 46.2 Å². The molecule has 2 aromatic rings. The number of carbonyl (C=O) groups is 1. The predicted octanol–water partition coefficient (Wildman–Crippen LogP) is 2.39. The van der Waals surface area contributed by atoms with Crippen LogP contribution >= 0.6 is 11.8 Å². The van der Waals surface area contributed by atoms with Crippen LogP contribution in [0.25, 0.3) is 0 Å². The van der Waals surface area contributed by atoms with Crippen LogP contribution in [0.1, 0.15) is 22.9 Å². The molecular formula is C19H24N4OS. The third kappa shape index (κ3) is 4.38. The number of aromatic nitrogens is 2. The Bertz CT molecular complexity index is 717. The van der Waals surface area contributed by atoms with Crippen molar-refractivity contribution in [1.29, 1.82) is 0 Å². The Morgan fingerprint density at radius 2 is 1.88 bits per heavy atom. The molecule has 0 unspecified atom stereocenters. The fourth-order valence-corrected chi connectivity index (χ4v) is 4.22. The minimum absolute atomic E-state index is 0.129. The molecule has 0 bridgehead atoms. The summed E-state index contributed by atoms with van der Waals surface area (Å²) in [5.74, 6) is 1.12. The predicted molar refractivity (Wildman–Crippen MR) is 101 cm³/mol. The molecule has 0 radical (unpaired) electrons. The second kappa shape index (κ2) is 7.97. The highest BCUT2D eigenvalue weighted by Gasteiger charge is 2.35. The number of thioether (sulfide) groups is 1. The summed E-state index contributed by atoms with van der Waals surface area (Å²) in [4.78, 5) is 23.3. The number of nitrogens with zero attached hydrogens (tertiary/aromatic N) is 3. The van der Waals surface area contributed by atoms with Crippen LogP contribution in [0, 0.1) is 19.8 Å². The minimum Gasteiger partial charge on any atom is -0.341 e. The van der Waals surface area contributed by atoms with Gasteiger partial charge >= 0.3 is 0 Å². The van der Waals surface area contributed by atoms with E-state index in [1.54, 1.807) is 0 Å². The van der Waals surface area contributed by atoms with E-state index in [0.717, 1.165) is 24.5 Å². The first-order valence-electron chi connectivity index (χ1n) is 8.54. The van der Waals surface area contributed by atoms with Gasteiger partial charge < -0.3 is 10.6 Å². The van der Waals surface area contributed by atoms with Gasteiger partial charge in [0.15, 0.2) is 5.16 Å². The number of rotatable bonds is 5. The third-order valence-corrected chi connectivity index (χ3v) is 5.44. The van der Waals surface area contributed by atoms with Crippen LogP contribution in [-0.2, 0) is 4.79 Å². The fourth-order valence-electron chi connectivity index (χ4n) is 3.37. The van der Waals surface area contributed by atoms with E-state index in [1.165, 1.54) is 17.3 Å². The molecular weight excluding hydrogens is 332 g/mol. The lowest BCUT2D eigenvalue weighted by atomic mass is 9.89. The maximum Gasteiger partial charge on any atom is 0.233 e. The van der Waals surface area contributed by atoms with Crippen LogP contribution in [0.3, 0.4) is 0 Å². The summed E-state index contributed by atoms with van der Waals surface area (Å²) in [5, 5.41) is 0.667. The molecule has 3 rings (SSSR count). The van der Waals surface area contributed by atoms with Crippen molar-refractivity contribution in [2.45, 2.75) is 24.9 Å². The highest BCUT2D eigenvalue weighted by atomic mass is 32.2. The van der Waals surface area contributed by atoms with Gasteiger partial charge in [0.2, 0.25) is 5.91 Å². The Morgan fingerprint density at radius 1 is 1.20 bits per heavy atom. The van der Waals surface area contributed by atoms with Crippen LogP contribution < -0.4 is 5.73 Å². The zero-order chi connectivity index (χ0) is 17.8. The Morgan fingerprint density at radius 3 is 2.52 bits per heavy atom. The normalized spacial score (nSPS) is 20.0. The molecule has 5 nitrogen and oxygen atoms in total. The minimum atomic E-state index is 0.129. The molecule has 1 aromatic heterocycles. The zero-order valence-corrected chi connectivity index (χ0v) is 15.5. The molecule has 0 saturated carbocycles. The van der Waals surface area contributed by atoms with Gasteiger partial charge in [0, 0.05) is 30.4 Å². The first kappa shape index (κ1) is 17.9. The van der Waals surface area contributed by atoms with E-state index in [1.807, 2.05) is 43.0 Å². The summed E-state index contributed by atoms with van der Waals surface area (Å²) in [6, 6.07) is 12.3. The quantitative estimate of drug-likeness (QED) is 0.658. The molecule has 1 fully saturated rings. The SMILES string of the molecule is Cc1cc(C)nc(SCC(=O)N2C[C@@H](CN)[C@H](c3ccccc3)C2)n1. The summed E-state index contributed by atoms with van der Waals surface area (Å²) in [7, 11) is 0. The van der Waals surface area contributed by atoms with Crippen LogP contribution in [0.15, 0.2) is 41.6 Å². The Balaban J connectivity index is 1.63. The molecule has 2 atom stereocenters. The van der Waals surface area contributed by atoms with Crippen LogP contribution in [0.2, 0.25) is 0 Å². The highest BCUT2D eigenvalue weighted by molar-refractivity contribution is 7.99. The van der Waals surface area contributed by atoms with Crippen molar-refractivity contribution in [3.63, 3.8) is 0 Å². The molecule has 1 aliphatic rings. The fraction of sp³-hybridized carbons (Fsp3) is 0.421. The molecule has 1 aliphatic heterocycles. The maximum absolute atomic E-state index is 12.6. The van der Waals surface area contributed by atoms with Crippen LogP contribution in [0.4, 0.5) is 0 Å². The lowest BCUT2D eigenvalue weighted by Crippen LogP contribution is -2.31. The number of carbonyl (C=O) groups excluding carboxylic acids is 1. The Labute approximate surface area is 153 Å². The molecule has 2 N–H and O–H groups in total. The van der Waals surface area contributed by atoms with Crippen molar-refractivity contribution >= 4 is 17.7 Å². The summed E-state index contributed by atoms with van der Waals surface area (Å²) in [5.41, 5.74) is 9.08. The summed E-state index contributed by atoms with van der Waals surface area (Å²) >= 11 is 1.40. The number of benzene rings is 1. The molecule has 6 heteroatoms. The molecule has 132 valence electrons. The van der Waals surface area contributed by atoms with Gasteiger partial charge in [0.05, 0.1) is 5.75 Å². The standard InChI is InChI=1S/C19H24N4OS/c1-13-8-14(2)22-19(21-13)25-12-18(24)23-10-16(9-20)17(11-23)15-6-4-3-5-7-15/h3-8,16-17H,9-12,20H2,1-2H3/t16-,17+/m1/s1. The van der Waals surface area contributed by atoms with Gasteiger partial charge in [0.1, 0.15) is 0 Å². The number of hydrogen-bond acceptors (Lipinski definition) is 5. The van der Waals surface area contributed by atoms with Gasteiger partial charge in [0.25, 0.3) is 0 Å². The van der Waals surface area contributed by atoms with E-state index < -0.39 is 0 Å². The van der Waals surface area contributed by atoms with Gasteiger partial charge in [-0.05, 0) is 37.9 Å². The number of aryl methyl sites for hydroxylation is 2. The number of amides is 1. The van der Waals surface area contributed by atoms with E-state index in [4.69, 9.17) is 5.73 Å². The molecule has 1 saturated heterocycles. The van der Waals surface area contributed by atoms with Crippen molar-refractivity contribution in [3.05, 3.63) is 53.3 Å². The second-order valence-electron chi connectivity index (χ2n) is 6.53. The first-order valence-corrected chi connectivity index (χ1v) is 9.53. The molecule has 0 aliphatic carbocycles. The summed E-state index contributed by atoms with van der Waals surface area (Å²) in [6.07, 6.45) is 0. The molecule has 0 spiro atoms. The van der Waals surface area contributed by atoms with Crippen LogP contribution in [0.5, 0.6) is 0 Å². The highest BCUT2D eigenvalue weighted by Crippen LogP contribution is 2.32. The first-order chi connectivity index (χ1) is 12.1. The maximum atomic E-state index is 12.6. The topological polar surface area (TPSA) is 72.1 Å². The smallest absolute Gasteiger partial charge is 0.233 e. The molecule has 2 heterocycles. The summed E-state index contributed by atoms with van der Waals surface area (Å²) < 4.78 is 0. The summed E-state index contributed by atoms with van der Waals surface area (Å²) in [6.45, 7) is 5.94. The van der Waals surface area contributed by atoms with Gasteiger partial charge in [-0.25, -0.2) is 9.97 Å². The second-order valence-corrected chi connectivity index (χ2v) is 7.48. The number of likely N-dealkylation sites (tertiary alicyclic amines) is 1. The lowest BCUT2D eigenvalue weighted by molar-refractivity contribution is -0.127. The van der Waals surface area contributed by atoms with Gasteiger partial charge in [-0.15, -0.1) is 0 Å². The van der Waals surface area contributed by atoms with Crippen molar-refractivity contribution in [3.8, 4) is 0 Å². The van der Waals surface area contributed by atoms with Crippen molar-refractivity contribution in [1.82, 2.24) is 14.9 Å². The van der Waals surface area contributed by atoms with Crippen molar-refractivity contribution < 1.29 is 4.79 Å². The third-order valence-electron chi connectivity index (χ3n) is 4.61. The molecule has 25 heavy (non-hydrogen) atoms. The van der Waals surface area contributed by atoms with Crippen molar-refractivity contribution in [2.75, 3.05) is 25.4 Å². The molecule has 1 amide bonds. The average Bonchev–Trinajstić information content (AvgIpc) is 3.04. The Kier molecular flexibility index (Phi) is 5.71. The lowest BCUT2D eigenvalue weighted by Gasteiger charge is -2.16. The van der Waals surface area contributed by atoms with Gasteiger partial charge in [-0.3, -0.25) is 4.79 Å². The van der Waals surface area contributed by atoms with E-state index in [2.05, 4.69) is 22.1 Å². The molecule has 1 aromatic carbocycles. The van der Waals surface area contributed by atoms with E-state index in [9.17, 15) is 4.79 Å². The number of nitrogens with two attached hydrogens (primary N) is 1. The number of hydrogen-bond donors (Lipinski definition) is 1. The van der Waals surface area contributed by atoms with Gasteiger partial charge in [-0.2, -0.15) is 0 Å². The van der Waals surface area contributed by atoms with Gasteiger partial charge in [-0.1, -0.05) is 42.1 Å². The van der Waals surface area contributed by atoms with Crippen molar-refractivity contribution in [2.24, 2.45) is 11.7 Å². The zero-order valence-electron chi connectivity index (χ0n) is 14.7. The average molecular weight is 356 g/mol. The largest absolute Gasteiger partial charge is 0.341 e. The monoisotopic (exact) mass is 356 g/mol. The van der Waals surface area contributed by atoms with E-state index >= 15 is 0 Å².